The zero-order valence-electron chi connectivity index (χ0n) is 13.4. The second-order valence-electron chi connectivity index (χ2n) is 5.69. The average molecular weight is 360 g/mol. The molecule has 1 aromatic heterocycles. The van der Waals surface area contributed by atoms with Crippen molar-refractivity contribution in [3.63, 3.8) is 0 Å². The fourth-order valence-electron chi connectivity index (χ4n) is 2.31. The van der Waals surface area contributed by atoms with Crippen LogP contribution in [0.25, 0.3) is 0 Å². The third kappa shape index (κ3) is 3.90. The van der Waals surface area contributed by atoms with Crippen LogP contribution in [-0.2, 0) is 6.18 Å². The Hall–Kier alpha value is -2.02. The first-order valence-electron chi connectivity index (χ1n) is 7.32. The lowest BCUT2D eigenvalue weighted by atomic mass is 10.1. The van der Waals surface area contributed by atoms with Crippen molar-refractivity contribution >= 4 is 17.5 Å². The van der Waals surface area contributed by atoms with E-state index in [1.165, 1.54) is 0 Å². The quantitative estimate of drug-likeness (QED) is 0.865. The minimum absolute atomic E-state index is 0.474. The number of hydrogen-bond donors (Lipinski definition) is 1. The Kier molecular flexibility index (Phi) is 5.22. The molecule has 1 atom stereocenters. The van der Waals surface area contributed by atoms with Gasteiger partial charge in [-0.2, -0.15) is 18.3 Å². The number of hydrogen-bond acceptors (Lipinski definition) is 2. The molecule has 0 saturated heterocycles. The van der Waals surface area contributed by atoms with Crippen LogP contribution < -0.4 is 5.32 Å². The van der Waals surface area contributed by atoms with E-state index in [1.54, 1.807) is 45.0 Å². The Bertz CT molecular complexity index is 723. The van der Waals surface area contributed by atoms with Crippen LogP contribution in [0.3, 0.4) is 0 Å². The smallest absolute Gasteiger partial charge is 0.345 e. The van der Waals surface area contributed by atoms with Crippen LogP contribution >= 0.6 is 11.6 Å². The van der Waals surface area contributed by atoms with Gasteiger partial charge in [0.2, 0.25) is 0 Å². The summed E-state index contributed by atoms with van der Waals surface area (Å²) in [5.41, 5.74) is -0.798. The van der Waals surface area contributed by atoms with E-state index in [9.17, 15) is 18.0 Å². The van der Waals surface area contributed by atoms with E-state index in [2.05, 4.69) is 10.4 Å². The summed E-state index contributed by atoms with van der Waals surface area (Å²) >= 11 is 5.80. The van der Waals surface area contributed by atoms with Gasteiger partial charge in [0, 0.05) is 11.1 Å². The van der Waals surface area contributed by atoms with Crippen LogP contribution in [0, 0.1) is 0 Å². The van der Waals surface area contributed by atoms with E-state index >= 15 is 0 Å². The van der Waals surface area contributed by atoms with Gasteiger partial charge in [0.25, 0.3) is 5.91 Å². The first kappa shape index (κ1) is 18.3. The van der Waals surface area contributed by atoms with Gasteiger partial charge in [-0.1, -0.05) is 23.7 Å². The highest BCUT2D eigenvalue weighted by atomic mass is 35.5. The molecule has 130 valence electrons. The van der Waals surface area contributed by atoms with Gasteiger partial charge in [0.05, 0.1) is 17.8 Å². The lowest BCUT2D eigenvalue weighted by Crippen LogP contribution is -2.29. The highest BCUT2D eigenvalue weighted by Crippen LogP contribution is 2.33. The molecule has 0 aliphatic carbocycles. The predicted molar refractivity (Wildman–Crippen MR) is 84.9 cm³/mol. The van der Waals surface area contributed by atoms with E-state index in [1.807, 2.05) is 0 Å². The second-order valence-corrected chi connectivity index (χ2v) is 6.13. The molecule has 0 radical (unpaired) electrons. The van der Waals surface area contributed by atoms with Gasteiger partial charge in [-0.15, -0.1) is 0 Å². The molecule has 1 heterocycles. The lowest BCUT2D eigenvalue weighted by Gasteiger charge is -2.17. The van der Waals surface area contributed by atoms with E-state index in [4.69, 9.17) is 11.6 Å². The van der Waals surface area contributed by atoms with E-state index in [0.29, 0.717) is 5.02 Å². The molecule has 2 aromatic rings. The number of nitrogens with one attached hydrogen (secondary N) is 1. The van der Waals surface area contributed by atoms with Crippen molar-refractivity contribution in [2.24, 2.45) is 0 Å². The maximum absolute atomic E-state index is 13.3. The van der Waals surface area contributed by atoms with Gasteiger partial charge in [0.15, 0.2) is 5.69 Å². The molecule has 8 heteroatoms. The number of carbonyl (C=O) groups is 1. The van der Waals surface area contributed by atoms with Gasteiger partial charge in [0.1, 0.15) is 0 Å². The molecule has 24 heavy (non-hydrogen) atoms. The maximum Gasteiger partial charge on any atom is 0.433 e. The summed E-state index contributed by atoms with van der Waals surface area (Å²) in [4.78, 5) is 12.3. The molecule has 1 amide bonds. The second kappa shape index (κ2) is 6.84. The normalized spacial score (nSPS) is 13.2. The summed E-state index contributed by atoms with van der Waals surface area (Å²) in [6, 6.07) is 5.72. The van der Waals surface area contributed by atoms with Crippen LogP contribution in [0.4, 0.5) is 13.2 Å². The molecule has 0 aliphatic heterocycles. The molecule has 1 unspecified atom stereocenters. The van der Waals surface area contributed by atoms with Crippen LogP contribution in [0.1, 0.15) is 54.5 Å². The third-order valence-electron chi connectivity index (χ3n) is 3.52. The number of alkyl halides is 3. The Morgan fingerprint density at radius 1 is 1.21 bits per heavy atom. The molecule has 0 bridgehead atoms. The highest BCUT2D eigenvalue weighted by molar-refractivity contribution is 6.30. The van der Waals surface area contributed by atoms with Crippen molar-refractivity contribution in [3.05, 3.63) is 52.3 Å². The largest absolute Gasteiger partial charge is 0.433 e. The van der Waals surface area contributed by atoms with Gasteiger partial charge in [-0.3, -0.25) is 9.48 Å². The van der Waals surface area contributed by atoms with E-state index in [0.717, 1.165) is 16.4 Å². The van der Waals surface area contributed by atoms with Crippen LogP contribution in [0.5, 0.6) is 0 Å². The molecule has 0 saturated carbocycles. The summed E-state index contributed by atoms with van der Waals surface area (Å²) in [6.45, 7) is 4.82. The van der Waals surface area contributed by atoms with Crippen LogP contribution in [0.15, 0.2) is 30.5 Å². The van der Waals surface area contributed by atoms with Crippen molar-refractivity contribution in [2.45, 2.75) is 39.0 Å². The summed E-state index contributed by atoms with van der Waals surface area (Å²) in [7, 11) is 0. The first-order valence-corrected chi connectivity index (χ1v) is 7.70. The zero-order valence-corrected chi connectivity index (χ0v) is 14.1. The summed E-state index contributed by atoms with van der Waals surface area (Å²) in [5, 5.41) is 6.81. The Morgan fingerprint density at radius 2 is 1.79 bits per heavy atom. The van der Waals surface area contributed by atoms with Crippen molar-refractivity contribution in [3.8, 4) is 0 Å². The van der Waals surface area contributed by atoms with E-state index in [-0.39, 0.29) is 0 Å². The van der Waals surface area contributed by atoms with Gasteiger partial charge >= 0.3 is 6.18 Å². The lowest BCUT2D eigenvalue weighted by molar-refractivity contribution is -0.145. The predicted octanol–water partition coefficient (Wildman–Crippen LogP) is 4.63. The molecule has 1 N–H and O–H groups in total. The average Bonchev–Trinajstić information content (AvgIpc) is 2.93. The SMILES string of the molecule is CC(NC(=O)c1cnn(C(C)C)c1C(F)(F)F)c1ccc(Cl)cc1. The van der Waals surface area contributed by atoms with Crippen molar-refractivity contribution in [2.75, 3.05) is 0 Å². The highest BCUT2D eigenvalue weighted by Gasteiger charge is 2.40. The molecule has 4 nitrogen and oxygen atoms in total. The zero-order chi connectivity index (χ0) is 18.1. The number of benzene rings is 1. The Morgan fingerprint density at radius 3 is 2.29 bits per heavy atom. The Labute approximate surface area is 142 Å². The van der Waals surface area contributed by atoms with Gasteiger partial charge in [-0.05, 0) is 38.5 Å². The Balaban J connectivity index is 2.28. The summed E-state index contributed by atoms with van der Waals surface area (Å²) < 4.78 is 40.7. The molecule has 2 rings (SSSR count). The number of carbonyl (C=O) groups excluding carboxylic acids is 1. The van der Waals surface area contributed by atoms with Crippen molar-refractivity contribution in [1.82, 2.24) is 15.1 Å². The monoisotopic (exact) mass is 359 g/mol. The van der Waals surface area contributed by atoms with Gasteiger partial charge < -0.3 is 5.32 Å². The van der Waals surface area contributed by atoms with Crippen molar-refractivity contribution in [1.29, 1.82) is 0 Å². The van der Waals surface area contributed by atoms with Gasteiger partial charge in [-0.25, -0.2) is 0 Å². The molecular formula is C16H17ClF3N3O. The molecule has 0 fully saturated rings. The van der Waals surface area contributed by atoms with E-state index < -0.39 is 35.4 Å². The molecule has 0 spiro atoms. The maximum atomic E-state index is 13.3. The molecule has 0 aliphatic rings. The molecule has 1 aromatic carbocycles. The van der Waals surface area contributed by atoms with Crippen LogP contribution in [-0.4, -0.2) is 15.7 Å². The number of aromatic nitrogens is 2. The number of amides is 1. The fourth-order valence-corrected chi connectivity index (χ4v) is 2.44. The minimum atomic E-state index is -4.67. The topological polar surface area (TPSA) is 46.9 Å². The fraction of sp³-hybridized carbons (Fsp3) is 0.375. The third-order valence-corrected chi connectivity index (χ3v) is 3.77. The minimum Gasteiger partial charge on any atom is -0.345 e. The summed E-state index contributed by atoms with van der Waals surface area (Å²) in [6.07, 6.45) is -3.72. The number of rotatable bonds is 4. The van der Waals surface area contributed by atoms with Crippen molar-refractivity contribution < 1.29 is 18.0 Å². The number of nitrogens with zero attached hydrogens (tertiary/aromatic N) is 2. The number of halogens is 4. The first-order chi connectivity index (χ1) is 11.1. The molecular weight excluding hydrogens is 343 g/mol. The summed E-state index contributed by atoms with van der Waals surface area (Å²) in [5.74, 6) is -0.823. The standard InChI is InChI=1S/C16H17ClF3N3O/c1-9(2)23-14(16(18,19)20)13(8-21-23)15(24)22-10(3)11-4-6-12(17)7-5-11/h4-10H,1-3H3,(H,22,24). The van der Waals surface area contributed by atoms with Crippen LogP contribution in [0.2, 0.25) is 5.02 Å².